The topological polar surface area (TPSA) is 71.8 Å². The van der Waals surface area contributed by atoms with Crippen molar-refractivity contribution in [2.24, 2.45) is 0 Å². The second kappa shape index (κ2) is 38.3. The SMILES string of the molecule is CCCCCCCCCCCCCCCCN(Cc1cccc[n+]1CC)C(=O)OCCSCCOC(=O)NCCCCCCCCCCCCCCC. The Hall–Kier alpha value is -1.96. The van der Waals surface area contributed by atoms with Gasteiger partial charge in [-0.1, -0.05) is 180 Å². The van der Waals surface area contributed by atoms with E-state index in [1.54, 1.807) is 11.8 Å². The molecule has 0 saturated carbocycles. The summed E-state index contributed by atoms with van der Waals surface area (Å²) in [5, 5.41) is 2.88. The average molecular weight is 763 g/mol. The Kier molecular flexibility index (Phi) is 35.5. The molecule has 0 bridgehead atoms. The van der Waals surface area contributed by atoms with Gasteiger partial charge in [0, 0.05) is 36.7 Å². The third kappa shape index (κ3) is 31.0. The van der Waals surface area contributed by atoms with Crippen LogP contribution >= 0.6 is 11.8 Å². The summed E-state index contributed by atoms with van der Waals surface area (Å²) >= 11 is 1.64. The quantitative estimate of drug-likeness (QED) is 0.0536. The summed E-state index contributed by atoms with van der Waals surface area (Å²) in [4.78, 5) is 27.1. The lowest BCUT2D eigenvalue weighted by molar-refractivity contribution is -0.701. The van der Waals surface area contributed by atoms with Crippen molar-refractivity contribution in [3.8, 4) is 0 Å². The van der Waals surface area contributed by atoms with E-state index in [1.807, 2.05) is 17.0 Å². The minimum Gasteiger partial charge on any atom is -0.449 e. The van der Waals surface area contributed by atoms with Crippen LogP contribution < -0.4 is 9.88 Å². The summed E-state index contributed by atoms with van der Waals surface area (Å²) in [6.45, 7) is 10.2. The smallest absolute Gasteiger partial charge is 0.410 e. The van der Waals surface area contributed by atoms with Crippen molar-refractivity contribution < 1.29 is 23.6 Å². The number of alkyl carbamates (subject to hydrolysis) is 1. The molecule has 0 unspecified atom stereocenters. The lowest BCUT2D eigenvalue weighted by Gasteiger charge is -2.21. The van der Waals surface area contributed by atoms with E-state index in [2.05, 4.69) is 42.9 Å². The normalized spacial score (nSPS) is 11.2. The van der Waals surface area contributed by atoms with Crippen LogP contribution in [0.4, 0.5) is 9.59 Å². The van der Waals surface area contributed by atoms with E-state index in [-0.39, 0.29) is 12.2 Å². The van der Waals surface area contributed by atoms with E-state index >= 15 is 0 Å². The molecule has 0 radical (unpaired) electrons. The lowest BCUT2D eigenvalue weighted by atomic mass is 10.0. The van der Waals surface area contributed by atoms with Gasteiger partial charge in [0.2, 0.25) is 5.69 Å². The zero-order valence-corrected chi connectivity index (χ0v) is 35.8. The first kappa shape index (κ1) is 49.1. The van der Waals surface area contributed by atoms with E-state index in [4.69, 9.17) is 9.47 Å². The predicted molar refractivity (Wildman–Crippen MR) is 227 cm³/mol. The molecule has 1 aromatic rings. The van der Waals surface area contributed by atoms with Crippen LogP contribution in [0.1, 0.15) is 200 Å². The molecule has 0 aliphatic heterocycles. The zero-order valence-electron chi connectivity index (χ0n) is 35.0. The molecule has 0 aliphatic rings. The number of aryl methyl sites for hydroxylation is 1. The standard InChI is InChI=1S/C45H83N3O4S/c1-4-7-9-11-13-15-17-19-21-23-25-27-29-32-37-48(42-43-34-30-33-36-47(43)6-3)45(50)52-39-41-53-40-38-51-44(49)46-35-31-28-26-24-22-20-18-16-14-12-10-8-5-2/h30,33-34,36H,4-29,31-32,35,37-42H2,1-3H3/p+1. The second-order valence-electron chi connectivity index (χ2n) is 15.0. The number of pyridine rings is 1. The number of hydrogen-bond acceptors (Lipinski definition) is 5. The molecule has 0 saturated heterocycles. The van der Waals surface area contributed by atoms with Crippen LogP contribution in [0.5, 0.6) is 0 Å². The zero-order chi connectivity index (χ0) is 38.3. The molecule has 1 N–H and O–H groups in total. The summed E-state index contributed by atoms with van der Waals surface area (Å²) in [7, 11) is 0. The Morgan fingerprint density at radius 2 is 1.06 bits per heavy atom. The first-order chi connectivity index (χ1) is 26.1. The van der Waals surface area contributed by atoms with E-state index in [0.717, 1.165) is 37.9 Å². The van der Waals surface area contributed by atoms with Crippen molar-refractivity contribution in [2.75, 3.05) is 37.8 Å². The van der Waals surface area contributed by atoms with Gasteiger partial charge in [0.05, 0.1) is 0 Å². The summed E-state index contributed by atoms with van der Waals surface area (Å²) in [5.74, 6) is 1.37. The second-order valence-corrected chi connectivity index (χ2v) is 16.3. The number of amides is 2. The largest absolute Gasteiger partial charge is 0.449 e. The number of thioether (sulfide) groups is 1. The van der Waals surface area contributed by atoms with E-state index < -0.39 is 0 Å². The van der Waals surface area contributed by atoms with Crippen LogP contribution in [0.3, 0.4) is 0 Å². The van der Waals surface area contributed by atoms with Crippen LogP contribution in [-0.4, -0.2) is 54.9 Å². The van der Waals surface area contributed by atoms with Crippen LogP contribution in [0.2, 0.25) is 0 Å². The maximum atomic E-state index is 13.2. The Labute approximate surface area is 331 Å². The predicted octanol–water partition coefficient (Wildman–Crippen LogP) is 13.0. The van der Waals surface area contributed by atoms with Gasteiger partial charge >= 0.3 is 12.2 Å². The van der Waals surface area contributed by atoms with Crippen molar-refractivity contribution >= 4 is 23.9 Å². The first-order valence-electron chi connectivity index (χ1n) is 22.5. The van der Waals surface area contributed by atoms with E-state index in [1.165, 1.54) is 148 Å². The molecule has 1 heterocycles. The summed E-state index contributed by atoms with van der Waals surface area (Å²) in [6, 6.07) is 6.17. The first-order valence-corrected chi connectivity index (χ1v) is 23.6. The van der Waals surface area contributed by atoms with Gasteiger partial charge in [-0.25, -0.2) is 14.2 Å². The van der Waals surface area contributed by atoms with Gasteiger partial charge in [-0.3, -0.25) is 4.90 Å². The third-order valence-corrected chi connectivity index (χ3v) is 11.1. The average Bonchev–Trinajstić information content (AvgIpc) is 3.17. The van der Waals surface area contributed by atoms with Gasteiger partial charge < -0.3 is 14.8 Å². The molecule has 0 aromatic carbocycles. The number of rotatable bonds is 38. The van der Waals surface area contributed by atoms with Crippen LogP contribution in [0, 0.1) is 0 Å². The van der Waals surface area contributed by atoms with Gasteiger partial charge in [0.15, 0.2) is 6.20 Å². The Bertz CT molecular complexity index is 965. The highest BCUT2D eigenvalue weighted by molar-refractivity contribution is 7.99. The maximum absolute atomic E-state index is 13.2. The molecule has 1 rings (SSSR count). The summed E-state index contributed by atoms with van der Waals surface area (Å²) in [5.41, 5.74) is 1.12. The van der Waals surface area contributed by atoms with Gasteiger partial charge in [-0.15, -0.1) is 0 Å². The number of carbonyl (C=O) groups excluding carboxylic acids is 2. The Morgan fingerprint density at radius 3 is 1.55 bits per heavy atom. The molecule has 8 heteroatoms. The van der Waals surface area contributed by atoms with Crippen LogP contribution in [0.15, 0.2) is 24.4 Å². The van der Waals surface area contributed by atoms with Crippen molar-refractivity contribution in [1.82, 2.24) is 10.2 Å². The lowest BCUT2D eigenvalue weighted by Crippen LogP contribution is -2.42. The van der Waals surface area contributed by atoms with Gasteiger partial charge in [-0.05, 0) is 19.8 Å². The van der Waals surface area contributed by atoms with Crippen molar-refractivity contribution in [3.63, 3.8) is 0 Å². The van der Waals surface area contributed by atoms with E-state index in [0.29, 0.717) is 44.4 Å². The molecular formula is C45H84N3O4S+. The maximum Gasteiger partial charge on any atom is 0.410 e. The van der Waals surface area contributed by atoms with Crippen molar-refractivity contribution in [1.29, 1.82) is 0 Å². The number of aromatic nitrogens is 1. The van der Waals surface area contributed by atoms with Gasteiger partial charge in [0.1, 0.15) is 26.3 Å². The van der Waals surface area contributed by atoms with Crippen molar-refractivity contribution in [2.45, 2.75) is 207 Å². The van der Waals surface area contributed by atoms with Gasteiger partial charge in [0.25, 0.3) is 0 Å². The Balaban J connectivity index is 2.13. The fraction of sp³-hybridized carbons (Fsp3) is 0.844. The molecule has 2 amide bonds. The molecular weight excluding hydrogens is 679 g/mol. The third-order valence-electron chi connectivity index (χ3n) is 10.2. The number of nitrogens with one attached hydrogen (secondary N) is 1. The number of carbonyl (C=O) groups is 2. The molecule has 0 fully saturated rings. The molecule has 0 aliphatic carbocycles. The molecule has 53 heavy (non-hydrogen) atoms. The van der Waals surface area contributed by atoms with E-state index in [9.17, 15) is 9.59 Å². The molecule has 7 nitrogen and oxygen atoms in total. The van der Waals surface area contributed by atoms with Crippen molar-refractivity contribution in [3.05, 3.63) is 30.1 Å². The summed E-state index contributed by atoms with van der Waals surface area (Å²) < 4.78 is 13.2. The molecule has 1 aromatic heterocycles. The highest BCUT2D eigenvalue weighted by Gasteiger charge is 2.20. The highest BCUT2D eigenvalue weighted by atomic mass is 32.2. The van der Waals surface area contributed by atoms with Crippen LogP contribution in [0.25, 0.3) is 0 Å². The minimum absolute atomic E-state index is 0.240. The highest BCUT2D eigenvalue weighted by Crippen LogP contribution is 2.15. The molecule has 0 atom stereocenters. The fourth-order valence-electron chi connectivity index (χ4n) is 6.85. The summed E-state index contributed by atoms with van der Waals surface area (Å²) in [6.07, 6.45) is 37.1. The fourth-order valence-corrected chi connectivity index (χ4v) is 7.46. The number of unbranched alkanes of at least 4 members (excludes halogenated alkanes) is 25. The van der Waals surface area contributed by atoms with Gasteiger partial charge in [-0.2, -0.15) is 11.8 Å². The number of ether oxygens (including phenoxy) is 2. The Morgan fingerprint density at radius 1 is 0.604 bits per heavy atom. The number of nitrogens with zero attached hydrogens (tertiary/aromatic N) is 2. The number of hydrogen-bond donors (Lipinski definition) is 1. The van der Waals surface area contributed by atoms with Crippen LogP contribution in [-0.2, 0) is 22.6 Å². The molecule has 308 valence electrons. The molecule has 0 spiro atoms. The minimum atomic E-state index is -0.333. The monoisotopic (exact) mass is 763 g/mol.